The Morgan fingerprint density at radius 2 is 2.26 bits per heavy atom. The molecule has 0 unspecified atom stereocenters. The van der Waals surface area contributed by atoms with Crippen LogP contribution in [0.2, 0.25) is 0 Å². The molecule has 0 amide bonds. The van der Waals surface area contributed by atoms with E-state index in [-0.39, 0.29) is 0 Å². The molecule has 0 aromatic carbocycles. The lowest BCUT2D eigenvalue weighted by Gasteiger charge is -2.04. The Labute approximate surface area is 117 Å². The monoisotopic (exact) mass is 274 g/mol. The van der Waals surface area contributed by atoms with Crippen LogP contribution in [-0.4, -0.2) is 16.1 Å². The molecule has 5 heteroatoms. The quantitative estimate of drug-likeness (QED) is 0.851. The maximum absolute atomic E-state index is 8.98. The van der Waals surface area contributed by atoms with Crippen molar-refractivity contribution < 1.29 is 0 Å². The van der Waals surface area contributed by atoms with Gasteiger partial charge in [0.1, 0.15) is 11.8 Å². The summed E-state index contributed by atoms with van der Waals surface area (Å²) in [6.45, 7) is 5.76. The summed E-state index contributed by atoms with van der Waals surface area (Å²) in [5.41, 5.74) is 4.14. The molecular weight excluding hydrogens is 256 g/mol. The first kappa shape index (κ1) is 13.8. The predicted molar refractivity (Wildman–Crippen MR) is 77.1 cm³/mol. The van der Waals surface area contributed by atoms with Gasteiger partial charge in [0.05, 0.1) is 5.01 Å². The minimum atomic E-state index is 0.713. The maximum Gasteiger partial charge on any atom is 0.120 e. The standard InChI is InChI=1S/C14H18N4S/c1-10-9-19-14(17-10)4-5-16-8-12-6-13(7-15)18(3)11(12)2/h6,9,16H,4-5,8H2,1-3H3. The molecule has 2 heterocycles. The highest BCUT2D eigenvalue weighted by molar-refractivity contribution is 7.09. The number of rotatable bonds is 5. The van der Waals surface area contributed by atoms with Crippen LogP contribution in [0.5, 0.6) is 0 Å². The molecular formula is C14H18N4S. The van der Waals surface area contributed by atoms with Crippen LogP contribution in [0.1, 0.15) is 27.7 Å². The molecule has 0 atom stereocenters. The predicted octanol–water partition coefficient (Wildman–Crippen LogP) is 2.30. The first-order valence-corrected chi connectivity index (χ1v) is 7.16. The van der Waals surface area contributed by atoms with Gasteiger partial charge in [-0.05, 0) is 25.5 Å². The van der Waals surface area contributed by atoms with E-state index in [0.717, 1.165) is 30.9 Å². The third-order valence-corrected chi connectivity index (χ3v) is 4.28. The van der Waals surface area contributed by atoms with E-state index in [0.29, 0.717) is 5.69 Å². The van der Waals surface area contributed by atoms with Crippen molar-refractivity contribution in [1.29, 1.82) is 5.26 Å². The summed E-state index contributed by atoms with van der Waals surface area (Å²) in [7, 11) is 1.93. The Morgan fingerprint density at radius 1 is 1.47 bits per heavy atom. The van der Waals surface area contributed by atoms with Crippen molar-refractivity contribution in [1.82, 2.24) is 14.9 Å². The second-order valence-electron chi connectivity index (χ2n) is 4.62. The Balaban J connectivity index is 1.85. The molecule has 0 saturated carbocycles. The minimum Gasteiger partial charge on any atom is -0.340 e. The first-order chi connectivity index (χ1) is 9.11. The van der Waals surface area contributed by atoms with Crippen molar-refractivity contribution in [2.75, 3.05) is 6.54 Å². The molecule has 0 spiro atoms. The van der Waals surface area contributed by atoms with Gasteiger partial charge in [0, 0.05) is 43.3 Å². The minimum absolute atomic E-state index is 0.713. The summed E-state index contributed by atoms with van der Waals surface area (Å²) in [5.74, 6) is 0. The second-order valence-corrected chi connectivity index (χ2v) is 5.56. The highest BCUT2D eigenvalue weighted by Gasteiger charge is 2.07. The SMILES string of the molecule is Cc1csc(CCNCc2cc(C#N)n(C)c2C)n1. The van der Waals surface area contributed by atoms with Crippen LogP contribution in [0, 0.1) is 25.2 Å². The van der Waals surface area contributed by atoms with Crippen LogP contribution < -0.4 is 5.32 Å². The molecule has 4 nitrogen and oxygen atoms in total. The molecule has 19 heavy (non-hydrogen) atoms. The Hall–Kier alpha value is -1.64. The number of nitrogens with one attached hydrogen (secondary N) is 1. The molecule has 1 N–H and O–H groups in total. The summed E-state index contributed by atoms with van der Waals surface area (Å²) >= 11 is 1.71. The van der Waals surface area contributed by atoms with Crippen molar-refractivity contribution in [3.63, 3.8) is 0 Å². The molecule has 0 aliphatic heterocycles. The molecule has 0 radical (unpaired) electrons. The fourth-order valence-electron chi connectivity index (χ4n) is 1.98. The molecule has 0 saturated heterocycles. The van der Waals surface area contributed by atoms with Gasteiger partial charge < -0.3 is 9.88 Å². The molecule has 2 aromatic heterocycles. The highest BCUT2D eigenvalue weighted by Crippen LogP contribution is 2.13. The van der Waals surface area contributed by atoms with Crippen LogP contribution in [0.4, 0.5) is 0 Å². The zero-order valence-electron chi connectivity index (χ0n) is 11.5. The molecule has 2 aromatic rings. The van der Waals surface area contributed by atoms with E-state index in [9.17, 15) is 0 Å². The fraction of sp³-hybridized carbons (Fsp3) is 0.429. The number of hydrogen-bond acceptors (Lipinski definition) is 4. The average molecular weight is 274 g/mol. The number of thiazole rings is 1. The Kier molecular flexibility index (Phi) is 4.35. The second kappa shape index (κ2) is 6.00. The molecule has 0 bridgehead atoms. The average Bonchev–Trinajstić information content (AvgIpc) is 2.92. The smallest absolute Gasteiger partial charge is 0.120 e. The van der Waals surface area contributed by atoms with E-state index in [2.05, 4.69) is 21.8 Å². The fourth-order valence-corrected chi connectivity index (χ4v) is 2.76. The zero-order valence-corrected chi connectivity index (χ0v) is 12.3. The molecule has 0 aliphatic carbocycles. The van der Waals surface area contributed by atoms with Gasteiger partial charge in [-0.25, -0.2) is 4.98 Å². The molecule has 2 rings (SSSR count). The molecule has 0 aliphatic rings. The summed E-state index contributed by atoms with van der Waals surface area (Å²) in [5, 5.41) is 15.6. The van der Waals surface area contributed by atoms with Gasteiger partial charge in [-0.2, -0.15) is 5.26 Å². The highest BCUT2D eigenvalue weighted by atomic mass is 32.1. The van der Waals surface area contributed by atoms with E-state index >= 15 is 0 Å². The van der Waals surface area contributed by atoms with Crippen molar-refractivity contribution in [3.05, 3.63) is 39.1 Å². The van der Waals surface area contributed by atoms with Crippen LogP contribution in [0.25, 0.3) is 0 Å². The van der Waals surface area contributed by atoms with Gasteiger partial charge in [-0.3, -0.25) is 0 Å². The van der Waals surface area contributed by atoms with Crippen molar-refractivity contribution in [3.8, 4) is 6.07 Å². The summed E-state index contributed by atoms with van der Waals surface area (Å²) < 4.78 is 1.93. The van der Waals surface area contributed by atoms with Gasteiger partial charge in [0.25, 0.3) is 0 Å². The lowest BCUT2D eigenvalue weighted by Crippen LogP contribution is -2.17. The topological polar surface area (TPSA) is 53.6 Å². The van der Waals surface area contributed by atoms with E-state index < -0.39 is 0 Å². The van der Waals surface area contributed by atoms with E-state index in [1.54, 1.807) is 11.3 Å². The molecule has 100 valence electrons. The van der Waals surface area contributed by atoms with Crippen LogP contribution >= 0.6 is 11.3 Å². The van der Waals surface area contributed by atoms with Gasteiger partial charge in [0.15, 0.2) is 0 Å². The van der Waals surface area contributed by atoms with Crippen molar-refractivity contribution >= 4 is 11.3 Å². The van der Waals surface area contributed by atoms with Gasteiger partial charge >= 0.3 is 0 Å². The van der Waals surface area contributed by atoms with Gasteiger partial charge in [-0.15, -0.1) is 11.3 Å². The zero-order chi connectivity index (χ0) is 13.8. The number of nitriles is 1. The Bertz CT molecular complexity index is 603. The molecule has 0 fully saturated rings. The van der Waals surface area contributed by atoms with Crippen LogP contribution in [0.3, 0.4) is 0 Å². The largest absolute Gasteiger partial charge is 0.340 e. The van der Waals surface area contributed by atoms with E-state index in [1.807, 2.05) is 31.5 Å². The van der Waals surface area contributed by atoms with E-state index in [1.165, 1.54) is 10.6 Å². The summed E-state index contributed by atoms with van der Waals surface area (Å²) in [6, 6.07) is 4.16. The van der Waals surface area contributed by atoms with Crippen molar-refractivity contribution in [2.45, 2.75) is 26.8 Å². The summed E-state index contributed by atoms with van der Waals surface area (Å²) in [6.07, 6.45) is 0.954. The first-order valence-electron chi connectivity index (χ1n) is 6.29. The van der Waals surface area contributed by atoms with Crippen LogP contribution in [-0.2, 0) is 20.0 Å². The third kappa shape index (κ3) is 3.22. The number of hydrogen-bond donors (Lipinski definition) is 1. The summed E-state index contributed by atoms with van der Waals surface area (Å²) in [4.78, 5) is 4.44. The number of aromatic nitrogens is 2. The third-order valence-electron chi connectivity index (χ3n) is 3.25. The number of nitrogens with zero attached hydrogens (tertiary/aromatic N) is 3. The van der Waals surface area contributed by atoms with Crippen LogP contribution in [0.15, 0.2) is 11.4 Å². The lowest BCUT2D eigenvalue weighted by molar-refractivity contribution is 0.679. The number of aryl methyl sites for hydroxylation is 1. The van der Waals surface area contributed by atoms with Gasteiger partial charge in [-0.1, -0.05) is 0 Å². The Morgan fingerprint density at radius 3 is 2.84 bits per heavy atom. The maximum atomic E-state index is 8.98. The van der Waals surface area contributed by atoms with E-state index in [4.69, 9.17) is 5.26 Å². The lowest BCUT2D eigenvalue weighted by atomic mass is 10.2. The van der Waals surface area contributed by atoms with Crippen molar-refractivity contribution in [2.24, 2.45) is 7.05 Å². The van der Waals surface area contributed by atoms with Gasteiger partial charge in [0.2, 0.25) is 0 Å². The normalized spacial score (nSPS) is 10.6.